The van der Waals surface area contributed by atoms with Crippen molar-refractivity contribution in [3.05, 3.63) is 17.5 Å². The molecular weight excluding hydrogens is 198 g/mol. The Morgan fingerprint density at radius 3 is 2.80 bits per heavy atom. The number of nitrogens with one attached hydrogen (secondary N) is 2. The molecule has 6 heteroatoms. The van der Waals surface area contributed by atoms with Crippen molar-refractivity contribution < 1.29 is 14.7 Å². The van der Waals surface area contributed by atoms with Gasteiger partial charge in [-0.2, -0.15) is 5.10 Å². The molecular formula is C9H13N3O3. The average molecular weight is 211 g/mol. The highest BCUT2D eigenvalue weighted by Crippen LogP contribution is 2.00. The fourth-order valence-electron chi connectivity index (χ4n) is 0.991. The molecule has 15 heavy (non-hydrogen) atoms. The number of aromatic amines is 1. The van der Waals surface area contributed by atoms with Crippen LogP contribution in [-0.4, -0.2) is 33.2 Å². The Hall–Kier alpha value is -1.85. The van der Waals surface area contributed by atoms with Crippen LogP contribution in [0, 0.1) is 0 Å². The number of carbonyl (C=O) groups is 2. The predicted molar refractivity (Wildman–Crippen MR) is 52.5 cm³/mol. The standard InChI is InChI=1S/C9H13N3O3/c1-3-6-4-7(12-11-6)8(13)10-5(2)9(14)15/h4-5H,3H2,1-2H3,(H,10,13)(H,11,12)(H,14,15). The van der Waals surface area contributed by atoms with Gasteiger partial charge in [-0.25, -0.2) is 0 Å². The summed E-state index contributed by atoms with van der Waals surface area (Å²) in [6.45, 7) is 3.32. The van der Waals surface area contributed by atoms with E-state index in [2.05, 4.69) is 15.5 Å². The van der Waals surface area contributed by atoms with E-state index in [-0.39, 0.29) is 5.69 Å². The molecule has 0 aromatic carbocycles. The maximum absolute atomic E-state index is 11.4. The number of carbonyl (C=O) groups excluding carboxylic acids is 1. The van der Waals surface area contributed by atoms with Crippen LogP contribution in [0.2, 0.25) is 0 Å². The van der Waals surface area contributed by atoms with Crippen LogP contribution >= 0.6 is 0 Å². The van der Waals surface area contributed by atoms with Gasteiger partial charge in [-0.3, -0.25) is 14.7 Å². The van der Waals surface area contributed by atoms with E-state index in [1.165, 1.54) is 6.92 Å². The normalized spacial score (nSPS) is 12.1. The number of H-pyrrole nitrogens is 1. The summed E-state index contributed by atoms with van der Waals surface area (Å²) in [6.07, 6.45) is 0.745. The van der Waals surface area contributed by atoms with Gasteiger partial charge in [-0.15, -0.1) is 0 Å². The monoisotopic (exact) mass is 211 g/mol. The van der Waals surface area contributed by atoms with Gasteiger partial charge < -0.3 is 10.4 Å². The van der Waals surface area contributed by atoms with Crippen molar-refractivity contribution in [2.75, 3.05) is 0 Å². The Labute approximate surface area is 86.7 Å². The zero-order chi connectivity index (χ0) is 11.4. The van der Waals surface area contributed by atoms with Crippen molar-refractivity contribution in [2.45, 2.75) is 26.3 Å². The van der Waals surface area contributed by atoms with Crippen LogP contribution in [0.25, 0.3) is 0 Å². The van der Waals surface area contributed by atoms with E-state index in [0.29, 0.717) is 0 Å². The van der Waals surface area contributed by atoms with Gasteiger partial charge in [-0.1, -0.05) is 6.92 Å². The van der Waals surface area contributed by atoms with Crippen molar-refractivity contribution >= 4 is 11.9 Å². The highest BCUT2D eigenvalue weighted by molar-refractivity contribution is 5.94. The second-order valence-corrected chi connectivity index (χ2v) is 3.17. The van der Waals surface area contributed by atoms with E-state index in [9.17, 15) is 9.59 Å². The van der Waals surface area contributed by atoms with Gasteiger partial charge in [0.25, 0.3) is 5.91 Å². The molecule has 1 unspecified atom stereocenters. The second-order valence-electron chi connectivity index (χ2n) is 3.17. The van der Waals surface area contributed by atoms with Gasteiger partial charge >= 0.3 is 5.97 Å². The van der Waals surface area contributed by atoms with Gasteiger partial charge in [0, 0.05) is 5.69 Å². The summed E-state index contributed by atoms with van der Waals surface area (Å²) in [6, 6.07) is 0.684. The molecule has 0 spiro atoms. The first kappa shape index (κ1) is 11.2. The third-order valence-electron chi connectivity index (χ3n) is 1.96. The molecule has 1 heterocycles. The molecule has 1 atom stereocenters. The lowest BCUT2D eigenvalue weighted by Gasteiger charge is -2.06. The second kappa shape index (κ2) is 4.59. The number of aromatic nitrogens is 2. The van der Waals surface area contributed by atoms with Crippen LogP contribution in [-0.2, 0) is 11.2 Å². The lowest BCUT2D eigenvalue weighted by Crippen LogP contribution is -2.38. The summed E-state index contributed by atoms with van der Waals surface area (Å²) in [7, 11) is 0. The van der Waals surface area contributed by atoms with E-state index >= 15 is 0 Å². The number of carboxylic acid groups (broad SMARTS) is 1. The van der Waals surface area contributed by atoms with Gasteiger partial charge in [0.05, 0.1) is 0 Å². The summed E-state index contributed by atoms with van der Waals surface area (Å²) >= 11 is 0. The number of hydrogen-bond acceptors (Lipinski definition) is 3. The Morgan fingerprint density at radius 2 is 2.33 bits per heavy atom. The first-order valence-corrected chi connectivity index (χ1v) is 4.62. The van der Waals surface area contributed by atoms with E-state index in [1.54, 1.807) is 6.07 Å². The van der Waals surface area contributed by atoms with Crippen LogP contribution in [0.1, 0.15) is 30.0 Å². The number of aryl methyl sites for hydroxylation is 1. The fraction of sp³-hybridized carbons (Fsp3) is 0.444. The van der Waals surface area contributed by atoms with Gasteiger partial charge in [-0.05, 0) is 19.4 Å². The molecule has 82 valence electrons. The quantitative estimate of drug-likeness (QED) is 0.661. The van der Waals surface area contributed by atoms with E-state index in [4.69, 9.17) is 5.11 Å². The SMILES string of the molecule is CCc1cc(C(=O)NC(C)C(=O)O)n[nH]1. The molecule has 0 fully saturated rings. The molecule has 3 N–H and O–H groups in total. The van der Waals surface area contributed by atoms with Crippen molar-refractivity contribution in [2.24, 2.45) is 0 Å². The van der Waals surface area contributed by atoms with Crippen molar-refractivity contribution in [3.8, 4) is 0 Å². The number of hydrogen-bond donors (Lipinski definition) is 3. The molecule has 0 aliphatic heterocycles. The maximum Gasteiger partial charge on any atom is 0.325 e. The van der Waals surface area contributed by atoms with Crippen molar-refractivity contribution in [1.82, 2.24) is 15.5 Å². The highest BCUT2D eigenvalue weighted by Gasteiger charge is 2.16. The van der Waals surface area contributed by atoms with Crippen molar-refractivity contribution in [1.29, 1.82) is 0 Å². The fourth-order valence-corrected chi connectivity index (χ4v) is 0.991. The molecule has 1 aromatic rings. The molecule has 1 aromatic heterocycles. The van der Waals surface area contributed by atoms with Crippen LogP contribution in [0.15, 0.2) is 6.07 Å². The Balaban J connectivity index is 2.65. The van der Waals surface area contributed by atoms with Crippen LogP contribution in [0.5, 0.6) is 0 Å². The molecule has 0 saturated heterocycles. The first-order chi connectivity index (χ1) is 7.04. The average Bonchev–Trinajstić information content (AvgIpc) is 2.65. The molecule has 1 rings (SSSR count). The van der Waals surface area contributed by atoms with Crippen LogP contribution < -0.4 is 5.32 Å². The molecule has 0 bridgehead atoms. The topological polar surface area (TPSA) is 95.1 Å². The van der Waals surface area contributed by atoms with Gasteiger partial charge in [0.15, 0.2) is 0 Å². The number of rotatable bonds is 4. The predicted octanol–water partition coefficient (Wildman–Crippen LogP) is 0.175. The summed E-state index contributed by atoms with van der Waals surface area (Å²) in [5.74, 6) is -1.56. The number of carboxylic acids is 1. The van der Waals surface area contributed by atoms with E-state index in [1.807, 2.05) is 6.92 Å². The highest BCUT2D eigenvalue weighted by atomic mass is 16.4. The summed E-state index contributed by atoms with van der Waals surface area (Å²) in [4.78, 5) is 21.9. The van der Waals surface area contributed by atoms with E-state index < -0.39 is 17.9 Å². The molecule has 0 radical (unpaired) electrons. The smallest absolute Gasteiger partial charge is 0.325 e. The molecule has 0 aliphatic rings. The number of nitrogens with zero attached hydrogens (tertiary/aromatic N) is 1. The lowest BCUT2D eigenvalue weighted by molar-refractivity contribution is -0.138. The van der Waals surface area contributed by atoms with Crippen LogP contribution in [0.3, 0.4) is 0 Å². The zero-order valence-corrected chi connectivity index (χ0v) is 8.57. The first-order valence-electron chi connectivity index (χ1n) is 4.62. The number of aliphatic carboxylic acids is 1. The lowest BCUT2D eigenvalue weighted by atomic mass is 10.3. The van der Waals surface area contributed by atoms with Gasteiger partial charge in [0.1, 0.15) is 11.7 Å². The van der Waals surface area contributed by atoms with Crippen LogP contribution in [0.4, 0.5) is 0 Å². The molecule has 0 aliphatic carbocycles. The summed E-state index contributed by atoms with van der Waals surface area (Å²) < 4.78 is 0. The van der Waals surface area contributed by atoms with E-state index in [0.717, 1.165) is 12.1 Å². The maximum atomic E-state index is 11.4. The summed E-state index contributed by atoms with van der Waals surface area (Å²) in [5, 5.41) is 17.3. The minimum Gasteiger partial charge on any atom is -0.480 e. The van der Waals surface area contributed by atoms with Gasteiger partial charge in [0.2, 0.25) is 0 Å². The minimum atomic E-state index is -1.07. The molecule has 6 nitrogen and oxygen atoms in total. The minimum absolute atomic E-state index is 0.208. The molecule has 1 amide bonds. The third-order valence-corrected chi connectivity index (χ3v) is 1.96. The third kappa shape index (κ3) is 2.80. The zero-order valence-electron chi connectivity index (χ0n) is 8.57. The summed E-state index contributed by atoms with van der Waals surface area (Å²) in [5.41, 5.74) is 1.04. The Bertz CT molecular complexity index is 372. The Morgan fingerprint density at radius 1 is 1.67 bits per heavy atom. The number of amides is 1. The Kier molecular flexibility index (Phi) is 3.43. The largest absolute Gasteiger partial charge is 0.480 e. The van der Waals surface area contributed by atoms with Crippen molar-refractivity contribution in [3.63, 3.8) is 0 Å². The molecule has 0 saturated carbocycles.